The van der Waals surface area contributed by atoms with E-state index in [4.69, 9.17) is 5.26 Å². The molecule has 4 heteroatoms. The molecular formula is C10H6BrN3. The largest absolute Gasteiger partial charge is 0.330 e. The first kappa shape index (κ1) is 8.97. The number of imidazole rings is 1. The first-order valence-corrected chi connectivity index (χ1v) is 4.80. The fourth-order valence-corrected chi connectivity index (χ4v) is 1.64. The molecule has 2 aromatic rings. The van der Waals surface area contributed by atoms with Gasteiger partial charge in [-0.1, -0.05) is 34.1 Å². The van der Waals surface area contributed by atoms with Gasteiger partial charge in [-0.25, -0.2) is 4.98 Å². The Labute approximate surface area is 89.5 Å². The second-order valence-electron chi connectivity index (χ2n) is 2.74. The number of nitrogens with one attached hydrogen (secondary N) is 1. The van der Waals surface area contributed by atoms with Crippen LogP contribution in [0.1, 0.15) is 5.69 Å². The van der Waals surface area contributed by atoms with Gasteiger partial charge >= 0.3 is 0 Å². The highest BCUT2D eigenvalue weighted by Gasteiger charge is 2.05. The first-order chi connectivity index (χ1) is 6.81. The lowest BCUT2D eigenvalue weighted by Crippen LogP contribution is -1.81. The Morgan fingerprint density at radius 3 is 2.79 bits per heavy atom. The average molecular weight is 248 g/mol. The van der Waals surface area contributed by atoms with Gasteiger partial charge < -0.3 is 4.98 Å². The molecule has 0 aliphatic heterocycles. The van der Waals surface area contributed by atoms with Crippen molar-refractivity contribution < 1.29 is 0 Å². The number of aromatic nitrogens is 2. The summed E-state index contributed by atoms with van der Waals surface area (Å²) in [5, 5.41) is 8.63. The molecule has 0 saturated carbocycles. The van der Waals surface area contributed by atoms with Crippen LogP contribution in [0.4, 0.5) is 0 Å². The maximum Gasteiger partial charge on any atom is 0.139 e. The highest BCUT2D eigenvalue weighted by molar-refractivity contribution is 9.10. The van der Waals surface area contributed by atoms with E-state index < -0.39 is 0 Å². The van der Waals surface area contributed by atoms with Gasteiger partial charge in [0.15, 0.2) is 0 Å². The predicted octanol–water partition coefficient (Wildman–Crippen LogP) is 2.71. The summed E-state index contributed by atoms with van der Waals surface area (Å²) in [6, 6.07) is 9.73. The maximum absolute atomic E-state index is 8.63. The summed E-state index contributed by atoms with van der Waals surface area (Å²) in [4.78, 5) is 7.03. The molecule has 1 heterocycles. The second kappa shape index (κ2) is 3.64. The van der Waals surface area contributed by atoms with Crippen molar-refractivity contribution in [1.82, 2.24) is 9.97 Å². The van der Waals surface area contributed by atoms with Gasteiger partial charge in [-0.05, 0) is 6.07 Å². The van der Waals surface area contributed by atoms with Gasteiger partial charge in [0.25, 0.3) is 0 Å². The lowest BCUT2D eigenvalue weighted by atomic mass is 10.2. The molecule has 0 radical (unpaired) electrons. The minimum Gasteiger partial charge on any atom is -0.330 e. The molecule has 0 unspecified atom stereocenters. The Morgan fingerprint density at radius 1 is 1.36 bits per heavy atom. The van der Waals surface area contributed by atoms with E-state index >= 15 is 0 Å². The molecular weight excluding hydrogens is 242 g/mol. The van der Waals surface area contributed by atoms with Crippen LogP contribution in [-0.4, -0.2) is 9.97 Å². The highest BCUT2D eigenvalue weighted by atomic mass is 79.9. The summed E-state index contributed by atoms with van der Waals surface area (Å²) in [7, 11) is 0. The summed E-state index contributed by atoms with van der Waals surface area (Å²) in [6.45, 7) is 0. The molecule has 0 bridgehead atoms. The van der Waals surface area contributed by atoms with E-state index in [1.165, 1.54) is 6.20 Å². The third-order valence-corrected chi connectivity index (χ3v) is 2.52. The van der Waals surface area contributed by atoms with Crippen LogP contribution in [0, 0.1) is 11.3 Å². The zero-order chi connectivity index (χ0) is 9.97. The van der Waals surface area contributed by atoms with Crippen LogP contribution in [0.3, 0.4) is 0 Å². The number of benzene rings is 1. The van der Waals surface area contributed by atoms with Crippen LogP contribution in [0.5, 0.6) is 0 Å². The SMILES string of the molecule is N#Cc1cnc(-c2ccccc2Br)[nH]1. The molecule has 0 saturated heterocycles. The fraction of sp³-hybridized carbons (Fsp3) is 0. The minimum atomic E-state index is 0.468. The van der Waals surface area contributed by atoms with Gasteiger partial charge in [-0.15, -0.1) is 0 Å². The number of hydrogen-bond acceptors (Lipinski definition) is 2. The topological polar surface area (TPSA) is 52.5 Å². The zero-order valence-electron chi connectivity index (χ0n) is 7.16. The Hall–Kier alpha value is -1.60. The molecule has 1 aromatic carbocycles. The van der Waals surface area contributed by atoms with Crippen LogP contribution in [0.2, 0.25) is 0 Å². The van der Waals surface area contributed by atoms with Crippen molar-refractivity contribution >= 4 is 15.9 Å². The lowest BCUT2D eigenvalue weighted by molar-refractivity contribution is 1.29. The van der Waals surface area contributed by atoms with Gasteiger partial charge in [-0.2, -0.15) is 5.26 Å². The number of hydrogen-bond donors (Lipinski definition) is 1. The van der Waals surface area contributed by atoms with E-state index in [1.54, 1.807) is 0 Å². The minimum absolute atomic E-state index is 0.468. The van der Waals surface area contributed by atoms with Crippen LogP contribution in [-0.2, 0) is 0 Å². The van der Waals surface area contributed by atoms with Gasteiger partial charge in [0.1, 0.15) is 17.6 Å². The standard InChI is InChI=1S/C10H6BrN3/c11-9-4-2-1-3-8(9)10-13-6-7(5-12)14-10/h1-4,6H,(H,13,14). The van der Waals surface area contributed by atoms with E-state index in [9.17, 15) is 0 Å². The molecule has 68 valence electrons. The van der Waals surface area contributed by atoms with Crippen LogP contribution in [0.15, 0.2) is 34.9 Å². The first-order valence-electron chi connectivity index (χ1n) is 4.01. The average Bonchev–Trinajstić information content (AvgIpc) is 2.67. The van der Waals surface area contributed by atoms with E-state index in [1.807, 2.05) is 30.3 Å². The van der Waals surface area contributed by atoms with Crippen molar-refractivity contribution in [2.75, 3.05) is 0 Å². The maximum atomic E-state index is 8.63. The Kier molecular flexibility index (Phi) is 2.33. The molecule has 0 fully saturated rings. The van der Waals surface area contributed by atoms with E-state index in [-0.39, 0.29) is 0 Å². The van der Waals surface area contributed by atoms with E-state index in [0.29, 0.717) is 11.5 Å². The molecule has 1 N–H and O–H groups in total. The lowest BCUT2D eigenvalue weighted by Gasteiger charge is -1.98. The number of nitriles is 1. The number of halogens is 1. The smallest absolute Gasteiger partial charge is 0.139 e. The highest BCUT2D eigenvalue weighted by Crippen LogP contribution is 2.24. The molecule has 0 atom stereocenters. The van der Waals surface area contributed by atoms with Crippen molar-refractivity contribution in [3.63, 3.8) is 0 Å². The summed E-state index contributed by atoms with van der Waals surface area (Å²) in [5.74, 6) is 0.703. The van der Waals surface area contributed by atoms with Crippen molar-refractivity contribution in [2.45, 2.75) is 0 Å². The summed E-state index contributed by atoms with van der Waals surface area (Å²) < 4.78 is 0.957. The van der Waals surface area contributed by atoms with Gasteiger partial charge in [-0.3, -0.25) is 0 Å². The van der Waals surface area contributed by atoms with Gasteiger partial charge in [0, 0.05) is 10.0 Å². The quantitative estimate of drug-likeness (QED) is 0.843. The van der Waals surface area contributed by atoms with Gasteiger partial charge in [0.2, 0.25) is 0 Å². The van der Waals surface area contributed by atoms with Crippen molar-refractivity contribution in [3.8, 4) is 17.5 Å². The third kappa shape index (κ3) is 1.54. The van der Waals surface area contributed by atoms with Crippen molar-refractivity contribution in [1.29, 1.82) is 5.26 Å². The molecule has 0 spiro atoms. The summed E-state index contributed by atoms with van der Waals surface area (Å²) in [5.41, 5.74) is 1.42. The molecule has 0 aliphatic rings. The van der Waals surface area contributed by atoms with Crippen molar-refractivity contribution in [3.05, 3.63) is 40.6 Å². The second-order valence-corrected chi connectivity index (χ2v) is 3.59. The van der Waals surface area contributed by atoms with Crippen LogP contribution < -0.4 is 0 Å². The summed E-state index contributed by atoms with van der Waals surface area (Å²) >= 11 is 3.42. The molecule has 0 amide bonds. The third-order valence-electron chi connectivity index (χ3n) is 1.83. The Bertz CT molecular complexity index is 496. The molecule has 0 aliphatic carbocycles. The van der Waals surface area contributed by atoms with Crippen LogP contribution in [0.25, 0.3) is 11.4 Å². The predicted molar refractivity (Wildman–Crippen MR) is 56.4 cm³/mol. The number of aromatic amines is 1. The van der Waals surface area contributed by atoms with E-state index in [0.717, 1.165) is 10.0 Å². The Balaban J connectivity index is 2.51. The zero-order valence-corrected chi connectivity index (χ0v) is 8.75. The molecule has 1 aromatic heterocycles. The monoisotopic (exact) mass is 247 g/mol. The van der Waals surface area contributed by atoms with Crippen LogP contribution >= 0.6 is 15.9 Å². The van der Waals surface area contributed by atoms with Gasteiger partial charge in [0.05, 0.1) is 6.20 Å². The normalized spacial score (nSPS) is 9.71. The number of H-pyrrole nitrogens is 1. The molecule has 2 rings (SSSR count). The number of rotatable bonds is 1. The Morgan fingerprint density at radius 2 is 2.14 bits per heavy atom. The number of nitrogens with zero attached hydrogens (tertiary/aromatic N) is 2. The molecule has 3 nitrogen and oxygen atoms in total. The van der Waals surface area contributed by atoms with Crippen molar-refractivity contribution in [2.24, 2.45) is 0 Å². The van der Waals surface area contributed by atoms with E-state index in [2.05, 4.69) is 25.9 Å². The molecule has 14 heavy (non-hydrogen) atoms. The summed E-state index contributed by atoms with van der Waals surface area (Å²) in [6.07, 6.45) is 1.52. The fourth-order valence-electron chi connectivity index (χ4n) is 1.17.